The zero-order valence-electron chi connectivity index (χ0n) is 14.1. The van der Waals surface area contributed by atoms with E-state index < -0.39 is 10.0 Å². The first kappa shape index (κ1) is 19.4. The van der Waals surface area contributed by atoms with Crippen LogP contribution in [0.15, 0.2) is 29.7 Å². The summed E-state index contributed by atoms with van der Waals surface area (Å²) in [6, 6.07) is 7.00. The van der Waals surface area contributed by atoms with Crippen LogP contribution in [0.1, 0.15) is 25.8 Å². The molecule has 1 aliphatic rings. The summed E-state index contributed by atoms with van der Waals surface area (Å²) in [6.07, 6.45) is 2.79. The second-order valence-corrected chi connectivity index (χ2v) is 8.25. The molecule has 0 saturated carbocycles. The third-order valence-corrected chi connectivity index (χ3v) is 5.11. The summed E-state index contributed by atoms with van der Waals surface area (Å²) in [6.45, 7) is 7.20. The first-order valence-corrected chi connectivity index (χ1v) is 10.1. The number of morpholine rings is 1. The predicted octanol–water partition coefficient (Wildman–Crippen LogP) is 2.73. The largest absolute Gasteiger partial charge is 0.373 e. The van der Waals surface area contributed by atoms with E-state index in [0.29, 0.717) is 11.6 Å². The molecular weight excluding hydrogens is 348 g/mol. The highest BCUT2D eigenvalue weighted by atomic mass is 35.5. The van der Waals surface area contributed by atoms with E-state index in [1.807, 2.05) is 0 Å². The normalized spacial score (nSPS) is 23.0. The van der Waals surface area contributed by atoms with Crippen molar-refractivity contribution in [2.75, 3.05) is 26.2 Å². The number of hydrogen-bond donors (Lipinski definition) is 1. The molecule has 1 aromatic rings. The van der Waals surface area contributed by atoms with Gasteiger partial charge in [0.2, 0.25) is 10.0 Å². The van der Waals surface area contributed by atoms with E-state index in [2.05, 4.69) is 23.5 Å². The van der Waals surface area contributed by atoms with E-state index in [4.69, 9.17) is 16.3 Å². The van der Waals surface area contributed by atoms with Gasteiger partial charge in [-0.15, -0.1) is 0 Å². The van der Waals surface area contributed by atoms with Crippen LogP contribution < -0.4 is 4.72 Å². The first-order chi connectivity index (χ1) is 11.3. The van der Waals surface area contributed by atoms with Gasteiger partial charge in [0.15, 0.2) is 0 Å². The molecule has 134 valence electrons. The third kappa shape index (κ3) is 6.91. The molecule has 1 heterocycles. The second kappa shape index (κ2) is 8.97. The van der Waals surface area contributed by atoms with E-state index >= 15 is 0 Å². The molecule has 1 fully saturated rings. The lowest BCUT2D eigenvalue weighted by atomic mass is 10.2. The van der Waals surface area contributed by atoms with Crippen LogP contribution in [-0.2, 0) is 14.8 Å². The van der Waals surface area contributed by atoms with Gasteiger partial charge in [0.1, 0.15) is 0 Å². The molecule has 1 saturated heterocycles. The van der Waals surface area contributed by atoms with Crippen LogP contribution in [0.5, 0.6) is 0 Å². The van der Waals surface area contributed by atoms with E-state index in [-0.39, 0.29) is 12.2 Å². The minimum Gasteiger partial charge on any atom is -0.373 e. The standard InChI is InChI=1S/C17H25ClN2O3S/c1-14-12-20(13-15(2)23-14)10-3-9-19-24(21,22)11-8-16-4-6-17(18)7-5-16/h4-8,11,14-15,19H,3,9-10,12-13H2,1-2H3/b11-8+. The van der Waals surface area contributed by atoms with Gasteiger partial charge in [-0.3, -0.25) is 4.90 Å². The fraction of sp³-hybridized carbons (Fsp3) is 0.529. The molecule has 0 aliphatic carbocycles. The lowest BCUT2D eigenvalue weighted by molar-refractivity contribution is -0.0679. The van der Waals surface area contributed by atoms with Gasteiger partial charge in [0.25, 0.3) is 0 Å². The molecule has 24 heavy (non-hydrogen) atoms. The lowest BCUT2D eigenvalue weighted by Crippen LogP contribution is -2.46. The SMILES string of the molecule is CC1CN(CCCNS(=O)(=O)/C=C/c2ccc(Cl)cc2)CC(C)O1. The molecule has 2 atom stereocenters. The molecule has 2 rings (SSSR count). The van der Waals surface area contributed by atoms with Crippen molar-refractivity contribution in [2.24, 2.45) is 0 Å². The Bertz CT molecular complexity index is 636. The minimum atomic E-state index is -3.42. The Balaban J connectivity index is 1.73. The third-order valence-electron chi connectivity index (χ3n) is 3.76. The van der Waals surface area contributed by atoms with Crippen LogP contribution in [-0.4, -0.2) is 51.7 Å². The smallest absolute Gasteiger partial charge is 0.233 e. The summed E-state index contributed by atoms with van der Waals surface area (Å²) in [7, 11) is -3.42. The van der Waals surface area contributed by atoms with E-state index in [1.165, 1.54) is 5.41 Å². The zero-order chi connectivity index (χ0) is 17.6. The van der Waals surface area contributed by atoms with Crippen LogP contribution >= 0.6 is 11.6 Å². The molecule has 2 unspecified atom stereocenters. The zero-order valence-corrected chi connectivity index (χ0v) is 15.7. The molecule has 1 aromatic carbocycles. The minimum absolute atomic E-state index is 0.229. The van der Waals surface area contributed by atoms with Crippen molar-refractivity contribution >= 4 is 27.7 Å². The highest BCUT2D eigenvalue weighted by Gasteiger charge is 2.21. The fourth-order valence-electron chi connectivity index (χ4n) is 2.77. The van der Waals surface area contributed by atoms with Crippen molar-refractivity contribution in [3.05, 3.63) is 40.3 Å². The van der Waals surface area contributed by atoms with Crippen molar-refractivity contribution < 1.29 is 13.2 Å². The Morgan fingerprint density at radius 3 is 2.50 bits per heavy atom. The summed E-state index contributed by atoms with van der Waals surface area (Å²) in [4.78, 5) is 2.32. The molecule has 0 radical (unpaired) electrons. The molecule has 0 amide bonds. The van der Waals surface area contributed by atoms with Crippen molar-refractivity contribution in [1.29, 1.82) is 0 Å². The Morgan fingerprint density at radius 1 is 1.25 bits per heavy atom. The van der Waals surface area contributed by atoms with Gasteiger partial charge < -0.3 is 4.74 Å². The Kier molecular flexibility index (Phi) is 7.25. The molecule has 1 N–H and O–H groups in total. The number of benzene rings is 1. The summed E-state index contributed by atoms with van der Waals surface area (Å²) in [5.41, 5.74) is 0.793. The van der Waals surface area contributed by atoms with Gasteiger partial charge in [-0.2, -0.15) is 0 Å². The average molecular weight is 373 g/mol. The maximum Gasteiger partial charge on any atom is 0.233 e. The van der Waals surface area contributed by atoms with Crippen molar-refractivity contribution in [2.45, 2.75) is 32.5 Å². The number of halogens is 1. The number of ether oxygens (including phenoxy) is 1. The average Bonchev–Trinajstić information content (AvgIpc) is 2.50. The van der Waals surface area contributed by atoms with Gasteiger partial charge in [0, 0.05) is 30.1 Å². The maximum atomic E-state index is 12.0. The number of nitrogens with one attached hydrogen (secondary N) is 1. The summed E-state index contributed by atoms with van der Waals surface area (Å²) in [5, 5.41) is 1.81. The van der Waals surface area contributed by atoms with Gasteiger partial charge in [-0.25, -0.2) is 13.1 Å². The van der Waals surface area contributed by atoms with Crippen LogP contribution in [0, 0.1) is 0 Å². The number of sulfonamides is 1. The van der Waals surface area contributed by atoms with Crippen LogP contribution in [0.4, 0.5) is 0 Å². The van der Waals surface area contributed by atoms with Crippen LogP contribution in [0.3, 0.4) is 0 Å². The Hall–Kier alpha value is -0.920. The monoisotopic (exact) mass is 372 g/mol. The van der Waals surface area contributed by atoms with Crippen molar-refractivity contribution in [3.8, 4) is 0 Å². The number of hydrogen-bond acceptors (Lipinski definition) is 4. The topological polar surface area (TPSA) is 58.6 Å². The van der Waals surface area contributed by atoms with Crippen molar-refractivity contribution in [1.82, 2.24) is 9.62 Å². The molecule has 7 heteroatoms. The maximum absolute atomic E-state index is 12.0. The van der Waals surface area contributed by atoms with E-state index in [1.54, 1.807) is 30.3 Å². The molecule has 5 nitrogen and oxygen atoms in total. The highest BCUT2D eigenvalue weighted by molar-refractivity contribution is 7.92. The van der Waals surface area contributed by atoms with Gasteiger partial charge in [-0.1, -0.05) is 23.7 Å². The molecule has 0 bridgehead atoms. The van der Waals surface area contributed by atoms with Crippen LogP contribution in [0.25, 0.3) is 6.08 Å². The van der Waals surface area contributed by atoms with Gasteiger partial charge in [-0.05, 0) is 50.6 Å². The Morgan fingerprint density at radius 2 is 1.88 bits per heavy atom. The summed E-state index contributed by atoms with van der Waals surface area (Å²) < 4.78 is 32.2. The lowest BCUT2D eigenvalue weighted by Gasteiger charge is -2.35. The summed E-state index contributed by atoms with van der Waals surface area (Å²) >= 11 is 5.80. The van der Waals surface area contributed by atoms with Gasteiger partial charge >= 0.3 is 0 Å². The first-order valence-electron chi connectivity index (χ1n) is 8.15. The second-order valence-electron chi connectivity index (χ2n) is 6.16. The summed E-state index contributed by atoms with van der Waals surface area (Å²) in [5.74, 6) is 0. The fourth-order valence-corrected chi connectivity index (χ4v) is 3.76. The molecule has 0 spiro atoms. The molecule has 1 aliphatic heterocycles. The Labute approximate surface area is 149 Å². The van der Waals surface area contributed by atoms with E-state index in [0.717, 1.165) is 31.6 Å². The molecule has 0 aromatic heterocycles. The van der Waals surface area contributed by atoms with Gasteiger partial charge in [0.05, 0.1) is 12.2 Å². The quantitative estimate of drug-likeness (QED) is 0.748. The molecular formula is C17H25ClN2O3S. The number of rotatable bonds is 7. The van der Waals surface area contributed by atoms with Crippen LogP contribution in [0.2, 0.25) is 5.02 Å². The van der Waals surface area contributed by atoms with Crippen molar-refractivity contribution in [3.63, 3.8) is 0 Å². The highest BCUT2D eigenvalue weighted by Crippen LogP contribution is 2.12. The number of nitrogens with zero attached hydrogens (tertiary/aromatic N) is 1. The van der Waals surface area contributed by atoms with E-state index in [9.17, 15) is 8.42 Å². The predicted molar refractivity (Wildman–Crippen MR) is 98.5 cm³/mol.